The number of likely N-dealkylation sites (tertiary alicyclic amines) is 1. The third-order valence-corrected chi connectivity index (χ3v) is 7.15. The van der Waals surface area contributed by atoms with E-state index >= 15 is 0 Å². The van der Waals surface area contributed by atoms with Gasteiger partial charge in [0, 0.05) is 24.7 Å². The molecule has 27 heavy (non-hydrogen) atoms. The highest BCUT2D eigenvalue weighted by atomic mass is 16.2. The molecule has 0 bridgehead atoms. The molecule has 2 heterocycles. The fourth-order valence-corrected chi connectivity index (χ4v) is 5.70. The average Bonchev–Trinajstić information content (AvgIpc) is 3.23. The molecule has 2 aliphatic heterocycles. The van der Waals surface area contributed by atoms with Crippen molar-refractivity contribution in [3.05, 3.63) is 35.4 Å². The van der Waals surface area contributed by atoms with E-state index in [4.69, 9.17) is 0 Å². The minimum atomic E-state index is -0.348. The zero-order valence-corrected chi connectivity index (χ0v) is 16.7. The molecule has 3 aliphatic rings. The van der Waals surface area contributed by atoms with Crippen molar-refractivity contribution >= 4 is 11.8 Å². The van der Waals surface area contributed by atoms with E-state index in [9.17, 15) is 9.59 Å². The first-order valence-corrected chi connectivity index (χ1v) is 10.8. The van der Waals surface area contributed by atoms with E-state index in [0.717, 1.165) is 69.2 Å². The van der Waals surface area contributed by atoms with E-state index < -0.39 is 0 Å². The van der Waals surface area contributed by atoms with Gasteiger partial charge >= 0.3 is 0 Å². The molecule has 4 nitrogen and oxygen atoms in total. The summed E-state index contributed by atoms with van der Waals surface area (Å²) in [4.78, 5) is 31.6. The summed E-state index contributed by atoms with van der Waals surface area (Å²) in [5.41, 5.74) is 1.37. The molecule has 0 N–H and O–H groups in total. The molecule has 0 unspecified atom stereocenters. The van der Waals surface area contributed by atoms with Crippen LogP contribution < -0.4 is 0 Å². The Balaban J connectivity index is 1.88. The SMILES string of the molecule is CC[C@H](C)N1C(=O)c2ccccc2[C@@H](C(=O)N2CCCC2)C12CCCCC2. The highest BCUT2D eigenvalue weighted by molar-refractivity contribution is 6.02. The van der Waals surface area contributed by atoms with Crippen molar-refractivity contribution in [1.29, 1.82) is 0 Å². The van der Waals surface area contributed by atoms with E-state index in [1.165, 1.54) is 6.42 Å². The summed E-state index contributed by atoms with van der Waals surface area (Å²) in [7, 11) is 0. The summed E-state index contributed by atoms with van der Waals surface area (Å²) in [6, 6.07) is 8.04. The summed E-state index contributed by atoms with van der Waals surface area (Å²) in [5.74, 6) is 0.175. The molecule has 2 amide bonds. The molecule has 1 saturated heterocycles. The molecule has 1 aromatic carbocycles. The number of amides is 2. The van der Waals surface area contributed by atoms with Gasteiger partial charge in [-0.05, 0) is 50.7 Å². The molecule has 4 rings (SSSR count). The molecule has 1 aliphatic carbocycles. The predicted molar refractivity (Wildman–Crippen MR) is 107 cm³/mol. The third kappa shape index (κ3) is 2.88. The lowest BCUT2D eigenvalue weighted by atomic mass is 9.64. The lowest BCUT2D eigenvalue weighted by Gasteiger charge is -2.56. The number of carbonyl (C=O) groups is 2. The second kappa shape index (κ2) is 7.29. The monoisotopic (exact) mass is 368 g/mol. The van der Waals surface area contributed by atoms with Gasteiger partial charge in [-0.15, -0.1) is 0 Å². The maximum Gasteiger partial charge on any atom is 0.254 e. The van der Waals surface area contributed by atoms with Crippen LogP contribution in [0, 0.1) is 0 Å². The fraction of sp³-hybridized carbons (Fsp3) is 0.652. The van der Waals surface area contributed by atoms with Crippen LogP contribution in [0.25, 0.3) is 0 Å². The lowest BCUT2D eigenvalue weighted by Crippen LogP contribution is -2.65. The first-order valence-electron chi connectivity index (χ1n) is 10.8. The van der Waals surface area contributed by atoms with Crippen molar-refractivity contribution in [3.8, 4) is 0 Å². The van der Waals surface area contributed by atoms with Crippen LogP contribution in [0.5, 0.6) is 0 Å². The van der Waals surface area contributed by atoms with Gasteiger partial charge in [0.2, 0.25) is 5.91 Å². The molecule has 1 saturated carbocycles. The fourth-order valence-electron chi connectivity index (χ4n) is 5.70. The van der Waals surface area contributed by atoms with Crippen LogP contribution >= 0.6 is 0 Å². The van der Waals surface area contributed by atoms with Crippen LogP contribution in [-0.4, -0.2) is 46.3 Å². The average molecular weight is 369 g/mol. The smallest absolute Gasteiger partial charge is 0.254 e. The van der Waals surface area contributed by atoms with Gasteiger partial charge in [0.1, 0.15) is 0 Å². The Morgan fingerprint density at radius 1 is 1.11 bits per heavy atom. The van der Waals surface area contributed by atoms with Crippen molar-refractivity contribution < 1.29 is 9.59 Å². The summed E-state index contributed by atoms with van der Waals surface area (Å²) in [6.07, 6.45) is 8.42. The van der Waals surface area contributed by atoms with Crippen LogP contribution in [0.4, 0.5) is 0 Å². The maximum atomic E-state index is 13.8. The summed E-state index contributed by atoms with van der Waals surface area (Å²) in [5, 5.41) is 0. The molecule has 2 atom stereocenters. The molecule has 1 spiro atoms. The van der Waals surface area contributed by atoms with Crippen molar-refractivity contribution in [2.45, 2.75) is 82.7 Å². The molecule has 4 heteroatoms. The van der Waals surface area contributed by atoms with Crippen LogP contribution in [0.2, 0.25) is 0 Å². The number of fused-ring (bicyclic) bond motifs is 1. The van der Waals surface area contributed by atoms with Gasteiger partial charge in [0.25, 0.3) is 5.91 Å². The van der Waals surface area contributed by atoms with Gasteiger partial charge in [-0.3, -0.25) is 9.59 Å². The first-order chi connectivity index (χ1) is 13.1. The largest absolute Gasteiger partial charge is 0.342 e. The van der Waals surface area contributed by atoms with Gasteiger partial charge in [-0.25, -0.2) is 0 Å². The van der Waals surface area contributed by atoms with Gasteiger partial charge in [-0.2, -0.15) is 0 Å². The minimum absolute atomic E-state index is 0.132. The highest BCUT2D eigenvalue weighted by Crippen LogP contribution is 2.51. The first kappa shape index (κ1) is 18.5. The standard InChI is InChI=1S/C23H32N2O2/c1-3-17(2)25-21(26)19-12-6-5-11-18(19)20(22(27)24-15-9-10-16-24)23(25)13-7-4-8-14-23/h5-6,11-12,17,20H,3-4,7-10,13-16H2,1-2H3/t17-,20-/m0/s1. The van der Waals surface area contributed by atoms with Gasteiger partial charge in [0.15, 0.2) is 0 Å². The van der Waals surface area contributed by atoms with E-state index in [1.54, 1.807) is 0 Å². The number of hydrogen-bond acceptors (Lipinski definition) is 2. The Kier molecular flexibility index (Phi) is 5.00. The topological polar surface area (TPSA) is 40.6 Å². The zero-order chi connectivity index (χ0) is 19.0. The molecule has 2 fully saturated rings. The molecule has 0 radical (unpaired) electrons. The Labute approximate surface area is 162 Å². The molecule has 0 aromatic heterocycles. The number of rotatable bonds is 3. The van der Waals surface area contributed by atoms with E-state index in [-0.39, 0.29) is 29.3 Å². The van der Waals surface area contributed by atoms with Gasteiger partial charge in [-0.1, -0.05) is 44.4 Å². The van der Waals surface area contributed by atoms with E-state index in [2.05, 4.69) is 23.6 Å². The van der Waals surface area contributed by atoms with Crippen molar-refractivity contribution in [2.75, 3.05) is 13.1 Å². The van der Waals surface area contributed by atoms with Crippen LogP contribution in [0.1, 0.15) is 87.1 Å². The van der Waals surface area contributed by atoms with Crippen molar-refractivity contribution in [1.82, 2.24) is 9.80 Å². The zero-order valence-electron chi connectivity index (χ0n) is 16.7. The Morgan fingerprint density at radius 3 is 2.44 bits per heavy atom. The highest BCUT2D eigenvalue weighted by Gasteiger charge is 2.56. The van der Waals surface area contributed by atoms with Crippen molar-refractivity contribution in [2.24, 2.45) is 0 Å². The summed E-state index contributed by atoms with van der Waals surface area (Å²) in [6.45, 7) is 6.03. The predicted octanol–water partition coefficient (Wildman–Crippen LogP) is 4.35. The molecule has 1 aromatic rings. The number of hydrogen-bond donors (Lipinski definition) is 0. The number of carbonyl (C=O) groups excluding carboxylic acids is 2. The summed E-state index contributed by atoms with van der Waals surface area (Å²) >= 11 is 0. The van der Waals surface area contributed by atoms with Crippen LogP contribution in [0.15, 0.2) is 24.3 Å². The second-order valence-corrected chi connectivity index (χ2v) is 8.65. The van der Waals surface area contributed by atoms with Crippen molar-refractivity contribution in [3.63, 3.8) is 0 Å². The second-order valence-electron chi connectivity index (χ2n) is 8.65. The normalized spacial score (nSPS) is 25.6. The van der Waals surface area contributed by atoms with Crippen LogP contribution in [0.3, 0.4) is 0 Å². The Morgan fingerprint density at radius 2 is 1.78 bits per heavy atom. The summed E-state index contributed by atoms with van der Waals surface area (Å²) < 4.78 is 0. The van der Waals surface area contributed by atoms with Gasteiger partial charge in [0.05, 0.1) is 11.5 Å². The number of nitrogens with zero attached hydrogens (tertiary/aromatic N) is 2. The van der Waals surface area contributed by atoms with Crippen LogP contribution in [-0.2, 0) is 4.79 Å². The molecular formula is C23H32N2O2. The minimum Gasteiger partial charge on any atom is -0.342 e. The van der Waals surface area contributed by atoms with Gasteiger partial charge < -0.3 is 9.80 Å². The Bertz CT molecular complexity index is 717. The van der Waals surface area contributed by atoms with E-state index in [0.29, 0.717) is 0 Å². The maximum absolute atomic E-state index is 13.8. The Hall–Kier alpha value is -1.84. The quantitative estimate of drug-likeness (QED) is 0.796. The molecular weight excluding hydrogens is 336 g/mol. The number of benzene rings is 1. The lowest BCUT2D eigenvalue weighted by molar-refractivity contribution is -0.137. The van der Waals surface area contributed by atoms with E-state index in [1.807, 2.05) is 24.3 Å². The third-order valence-electron chi connectivity index (χ3n) is 7.15. The molecule has 146 valence electrons.